The molecular weight excluding hydrogens is 348 g/mol. The van der Waals surface area contributed by atoms with Crippen molar-refractivity contribution in [1.29, 1.82) is 0 Å². The number of anilines is 2. The predicted molar refractivity (Wildman–Crippen MR) is 114 cm³/mol. The van der Waals surface area contributed by atoms with Gasteiger partial charge in [0.1, 0.15) is 11.6 Å². The maximum absolute atomic E-state index is 6.00. The van der Waals surface area contributed by atoms with Crippen molar-refractivity contribution in [3.05, 3.63) is 72.1 Å². The highest BCUT2D eigenvalue weighted by Gasteiger charge is 2.13. The zero-order valence-electron chi connectivity index (χ0n) is 15.5. The van der Waals surface area contributed by atoms with E-state index in [1.165, 1.54) is 5.56 Å². The fraction of sp³-hybridized carbons (Fsp3) is 0.0909. The zero-order valence-corrected chi connectivity index (χ0v) is 15.5. The number of nitrogen functional groups attached to an aromatic ring is 1. The van der Waals surface area contributed by atoms with Crippen LogP contribution in [0.25, 0.3) is 33.3 Å². The third-order valence-corrected chi connectivity index (χ3v) is 4.85. The molecule has 6 heteroatoms. The lowest BCUT2D eigenvalue weighted by molar-refractivity contribution is 1.15. The highest BCUT2D eigenvalue weighted by Crippen LogP contribution is 2.30. The fourth-order valence-electron chi connectivity index (χ4n) is 3.53. The maximum Gasteiger partial charge on any atom is 0.180 e. The van der Waals surface area contributed by atoms with Crippen LogP contribution in [0.3, 0.4) is 0 Å². The van der Waals surface area contributed by atoms with E-state index in [2.05, 4.69) is 61.7 Å². The van der Waals surface area contributed by atoms with Crippen molar-refractivity contribution in [2.24, 2.45) is 0 Å². The molecule has 2 aromatic carbocycles. The molecule has 6 nitrogen and oxygen atoms in total. The van der Waals surface area contributed by atoms with Crippen molar-refractivity contribution < 1.29 is 0 Å². The molecule has 28 heavy (non-hydrogen) atoms. The van der Waals surface area contributed by atoms with Gasteiger partial charge in [-0.15, -0.1) is 0 Å². The van der Waals surface area contributed by atoms with E-state index < -0.39 is 0 Å². The van der Waals surface area contributed by atoms with Crippen LogP contribution in [0, 0.1) is 6.92 Å². The minimum atomic E-state index is 0.459. The van der Waals surface area contributed by atoms with Crippen molar-refractivity contribution in [1.82, 2.24) is 19.9 Å². The summed E-state index contributed by atoms with van der Waals surface area (Å²) in [6.07, 6.45) is 0. The number of H-pyrrole nitrogens is 2. The Morgan fingerprint density at radius 1 is 0.964 bits per heavy atom. The van der Waals surface area contributed by atoms with Gasteiger partial charge in [0.25, 0.3) is 0 Å². The van der Waals surface area contributed by atoms with Crippen LogP contribution in [0.2, 0.25) is 0 Å². The predicted octanol–water partition coefficient (Wildman–Crippen LogP) is 4.61. The molecule has 0 aliphatic carbocycles. The molecular formula is C22H20N6. The molecule has 0 atom stereocenters. The summed E-state index contributed by atoms with van der Waals surface area (Å²) >= 11 is 0. The number of aromatic amines is 2. The lowest BCUT2D eigenvalue weighted by atomic mass is 10.1. The standard InChI is InChI=1S/C22H20N6/c1-13-25-21-17(11-20(23)28-22(21)26-13)19-10-15-9-14(7-8-18(15)27-19)12-24-16-5-3-2-4-6-16/h2-11,24,27H,12H2,1H3,(H3,23,25,26,28). The Morgan fingerprint density at radius 2 is 1.82 bits per heavy atom. The van der Waals surface area contributed by atoms with Gasteiger partial charge in [0, 0.05) is 34.4 Å². The Kier molecular flexibility index (Phi) is 3.76. The summed E-state index contributed by atoms with van der Waals surface area (Å²) in [6, 6.07) is 20.7. The second-order valence-electron chi connectivity index (χ2n) is 6.94. The summed E-state index contributed by atoms with van der Waals surface area (Å²) in [6.45, 7) is 2.69. The summed E-state index contributed by atoms with van der Waals surface area (Å²) in [4.78, 5) is 15.5. The van der Waals surface area contributed by atoms with Crippen LogP contribution in [0.1, 0.15) is 11.4 Å². The number of fused-ring (bicyclic) bond motifs is 2. The quantitative estimate of drug-likeness (QED) is 0.372. The number of hydrogen-bond donors (Lipinski definition) is 4. The number of nitrogens with one attached hydrogen (secondary N) is 3. The van der Waals surface area contributed by atoms with Crippen molar-refractivity contribution in [3.63, 3.8) is 0 Å². The van der Waals surface area contributed by atoms with E-state index in [-0.39, 0.29) is 0 Å². The van der Waals surface area contributed by atoms with Crippen LogP contribution in [-0.4, -0.2) is 19.9 Å². The summed E-state index contributed by atoms with van der Waals surface area (Å²) in [5, 5.41) is 4.61. The number of nitrogens with zero attached hydrogens (tertiary/aromatic N) is 2. The Morgan fingerprint density at radius 3 is 2.68 bits per heavy atom. The molecule has 0 saturated carbocycles. The second-order valence-corrected chi connectivity index (χ2v) is 6.94. The van der Waals surface area contributed by atoms with Crippen LogP contribution < -0.4 is 11.1 Å². The normalized spacial score (nSPS) is 11.3. The maximum atomic E-state index is 6.00. The molecule has 3 heterocycles. The van der Waals surface area contributed by atoms with Crippen molar-refractivity contribution in [2.45, 2.75) is 13.5 Å². The molecule has 3 aromatic heterocycles. The van der Waals surface area contributed by atoms with Gasteiger partial charge in [0.15, 0.2) is 5.65 Å². The Bertz CT molecular complexity index is 1280. The van der Waals surface area contributed by atoms with E-state index in [1.54, 1.807) is 0 Å². The topological polar surface area (TPSA) is 95.4 Å². The van der Waals surface area contributed by atoms with Crippen LogP contribution in [-0.2, 0) is 6.54 Å². The summed E-state index contributed by atoms with van der Waals surface area (Å²) in [5.41, 5.74) is 12.9. The van der Waals surface area contributed by atoms with E-state index in [0.717, 1.165) is 45.7 Å². The minimum Gasteiger partial charge on any atom is -0.384 e. The van der Waals surface area contributed by atoms with Crippen molar-refractivity contribution >= 4 is 33.6 Å². The molecule has 0 saturated heterocycles. The second kappa shape index (κ2) is 6.42. The van der Waals surface area contributed by atoms with Crippen LogP contribution in [0.15, 0.2) is 60.7 Å². The van der Waals surface area contributed by atoms with E-state index >= 15 is 0 Å². The van der Waals surface area contributed by atoms with Crippen LogP contribution in [0.5, 0.6) is 0 Å². The van der Waals surface area contributed by atoms with Crippen LogP contribution >= 0.6 is 0 Å². The first kappa shape index (κ1) is 16.4. The number of benzene rings is 2. The van der Waals surface area contributed by atoms with Gasteiger partial charge in [-0.1, -0.05) is 24.3 Å². The largest absolute Gasteiger partial charge is 0.384 e. The third-order valence-electron chi connectivity index (χ3n) is 4.85. The van der Waals surface area contributed by atoms with Gasteiger partial charge in [-0.05, 0) is 48.9 Å². The van der Waals surface area contributed by atoms with Crippen molar-refractivity contribution in [3.8, 4) is 11.3 Å². The van der Waals surface area contributed by atoms with Gasteiger partial charge >= 0.3 is 0 Å². The number of aryl methyl sites for hydroxylation is 1. The highest BCUT2D eigenvalue weighted by molar-refractivity contribution is 5.95. The molecule has 138 valence electrons. The smallest absolute Gasteiger partial charge is 0.180 e. The monoisotopic (exact) mass is 368 g/mol. The molecule has 0 aliphatic rings. The van der Waals surface area contributed by atoms with E-state index in [0.29, 0.717) is 11.5 Å². The lowest BCUT2D eigenvalue weighted by Crippen LogP contribution is -1.98. The molecule has 5 aromatic rings. The molecule has 0 bridgehead atoms. The highest BCUT2D eigenvalue weighted by atomic mass is 15.0. The van der Waals surface area contributed by atoms with Gasteiger partial charge in [-0.25, -0.2) is 9.97 Å². The number of para-hydroxylation sites is 1. The summed E-state index contributed by atoms with van der Waals surface area (Å²) < 4.78 is 0. The molecule has 0 amide bonds. The summed E-state index contributed by atoms with van der Waals surface area (Å²) in [7, 11) is 0. The van der Waals surface area contributed by atoms with E-state index in [1.807, 2.05) is 31.2 Å². The Balaban J connectivity index is 1.50. The lowest BCUT2D eigenvalue weighted by Gasteiger charge is -2.06. The number of aromatic nitrogens is 4. The average Bonchev–Trinajstić information content (AvgIpc) is 3.28. The minimum absolute atomic E-state index is 0.459. The number of imidazole rings is 1. The van der Waals surface area contributed by atoms with Crippen molar-refractivity contribution in [2.75, 3.05) is 11.1 Å². The van der Waals surface area contributed by atoms with Gasteiger partial charge in [-0.2, -0.15) is 0 Å². The molecule has 0 spiro atoms. The third kappa shape index (κ3) is 2.95. The Hall–Kier alpha value is -3.80. The molecule has 0 aliphatic heterocycles. The SMILES string of the molecule is Cc1nc2nc(N)cc(-c3cc4cc(CNc5ccccc5)ccc4[nH]3)c2[nH]1. The average molecular weight is 368 g/mol. The number of pyridine rings is 1. The van der Waals surface area contributed by atoms with Gasteiger partial charge in [0.2, 0.25) is 0 Å². The number of nitrogens with two attached hydrogens (primary N) is 1. The summed E-state index contributed by atoms with van der Waals surface area (Å²) in [5.74, 6) is 1.28. The van der Waals surface area contributed by atoms with Gasteiger partial charge in [0.05, 0.1) is 5.52 Å². The molecule has 5 N–H and O–H groups in total. The Labute approximate surface area is 161 Å². The first-order chi connectivity index (χ1) is 13.7. The zero-order chi connectivity index (χ0) is 19.1. The molecule has 0 fully saturated rings. The first-order valence-electron chi connectivity index (χ1n) is 9.19. The molecule has 5 rings (SSSR count). The van der Waals surface area contributed by atoms with Gasteiger partial charge in [-0.3, -0.25) is 0 Å². The number of rotatable bonds is 4. The van der Waals surface area contributed by atoms with Gasteiger partial charge < -0.3 is 21.0 Å². The fourth-order valence-corrected chi connectivity index (χ4v) is 3.53. The molecule has 0 radical (unpaired) electrons. The first-order valence-corrected chi connectivity index (χ1v) is 9.19. The number of hydrogen-bond acceptors (Lipinski definition) is 4. The van der Waals surface area contributed by atoms with Crippen LogP contribution in [0.4, 0.5) is 11.5 Å². The van der Waals surface area contributed by atoms with E-state index in [4.69, 9.17) is 5.73 Å². The molecule has 0 unspecified atom stereocenters. The van der Waals surface area contributed by atoms with E-state index in [9.17, 15) is 0 Å².